The average Bonchev–Trinajstić information content (AvgIpc) is 2.82. The number of hydrogen-bond acceptors (Lipinski definition) is 3. The fourth-order valence-corrected chi connectivity index (χ4v) is 4.26. The number of nitrogens with one attached hydrogen (secondary N) is 1. The molecule has 1 N–H and O–H groups in total. The quantitative estimate of drug-likeness (QED) is 0.792. The summed E-state index contributed by atoms with van der Waals surface area (Å²) in [6.07, 6.45) is 5.48. The normalized spacial score (nSPS) is 19.0. The maximum Gasteiger partial charge on any atom is 0.0397 e. The molecular formula is C14H23BrN2S. The SMILES string of the molecule is CC(NCCCN1CCCCC1)c1sccc1Br. The molecule has 0 amide bonds. The summed E-state index contributed by atoms with van der Waals surface area (Å²) < 4.78 is 1.24. The van der Waals surface area contributed by atoms with Crippen LogP contribution < -0.4 is 5.32 Å². The molecule has 0 spiro atoms. The van der Waals surface area contributed by atoms with E-state index < -0.39 is 0 Å². The third kappa shape index (κ3) is 4.34. The summed E-state index contributed by atoms with van der Waals surface area (Å²) in [5.41, 5.74) is 0. The fraction of sp³-hybridized carbons (Fsp3) is 0.714. The number of piperidine rings is 1. The van der Waals surface area contributed by atoms with Gasteiger partial charge in [-0.1, -0.05) is 6.42 Å². The third-order valence-electron chi connectivity index (χ3n) is 3.59. The highest BCUT2D eigenvalue weighted by Gasteiger charge is 2.11. The standard InChI is InChI=1S/C14H23BrN2S/c1-12(14-13(15)6-11-18-14)16-7-5-10-17-8-3-2-4-9-17/h6,11-12,16H,2-5,7-10H2,1H3. The van der Waals surface area contributed by atoms with Gasteiger partial charge in [0.2, 0.25) is 0 Å². The lowest BCUT2D eigenvalue weighted by atomic mass is 10.1. The van der Waals surface area contributed by atoms with Crippen LogP contribution in [-0.2, 0) is 0 Å². The van der Waals surface area contributed by atoms with E-state index in [9.17, 15) is 0 Å². The first-order chi connectivity index (χ1) is 8.77. The van der Waals surface area contributed by atoms with E-state index in [2.05, 4.69) is 44.5 Å². The van der Waals surface area contributed by atoms with Crippen molar-refractivity contribution in [2.45, 2.75) is 38.6 Å². The Labute approximate surface area is 123 Å². The molecule has 1 aromatic rings. The summed E-state index contributed by atoms with van der Waals surface area (Å²) in [7, 11) is 0. The van der Waals surface area contributed by atoms with Crippen molar-refractivity contribution in [1.29, 1.82) is 0 Å². The predicted molar refractivity (Wildman–Crippen MR) is 83.3 cm³/mol. The minimum Gasteiger partial charge on any atom is -0.309 e. The lowest BCUT2D eigenvalue weighted by Gasteiger charge is -2.26. The van der Waals surface area contributed by atoms with Crippen molar-refractivity contribution < 1.29 is 0 Å². The van der Waals surface area contributed by atoms with Crippen molar-refractivity contribution in [3.05, 3.63) is 20.8 Å². The lowest BCUT2D eigenvalue weighted by molar-refractivity contribution is 0.225. The summed E-state index contributed by atoms with van der Waals surface area (Å²) in [5, 5.41) is 5.76. The van der Waals surface area contributed by atoms with E-state index in [-0.39, 0.29) is 0 Å². The zero-order valence-electron chi connectivity index (χ0n) is 11.1. The van der Waals surface area contributed by atoms with Crippen molar-refractivity contribution in [3.8, 4) is 0 Å². The maximum absolute atomic E-state index is 3.62. The molecule has 0 aromatic carbocycles. The molecule has 2 rings (SSSR count). The summed E-state index contributed by atoms with van der Waals surface area (Å²) >= 11 is 5.42. The van der Waals surface area contributed by atoms with Gasteiger partial charge < -0.3 is 10.2 Å². The van der Waals surface area contributed by atoms with Crippen LogP contribution >= 0.6 is 27.3 Å². The molecule has 0 saturated carbocycles. The monoisotopic (exact) mass is 330 g/mol. The molecular weight excluding hydrogens is 308 g/mol. The number of thiophene rings is 1. The van der Waals surface area contributed by atoms with Gasteiger partial charge in [0.05, 0.1) is 0 Å². The molecule has 18 heavy (non-hydrogen) atoms. The Bertz CT molecular complexity index is 347. The van der Waals surface area contributed by atoms with Gasteiger partial charge >= 0.3 is 0 Å². The van der Waals surface area contributed by atoms with Crippen LogP contribution in [0.3, 0.4) is 0 Å². The minimum atomic E-state index is 0.459. The van der Waals surface area contributed by atoms with Gasteiger partial charge in [0.1, 0.15) is 0 Å². The molecule has 102 valence electrons. The van der Waals surface area contributed by atoms with Gasteiger partial charge in [0.15, 0.2) is 0 Å². The lowest BCUT2D eigenvalue weighted by Crippen LogP contribution is -2.32. The van der Waals surface area contributed by atoms with Crippen molar-refractivity contribution in [2.24, 2.45) is 0 Å². The highest BCUT2D eigenvalue weighted by Crippen LogP contribution is 2.28. The van der Waals surface area contributed by atoms with Gasteiger partial charge in [0.25, 0.3) is 0 Å². The second kappa shape index (κ2) is 7.63. The van der Waals surface area contributed by atoms with Crippen LogP contribution in [0.15, 0.2) is 15.9 Å². The number of hydrogen-bond donors (Lipinski definition) is 1. The summed E-state index contributed by atoms with van der Waals surface area (Å²) in [6.45, 7) is 7.24. The molecule has 2 nitrogen and oxygen atoms in total. The molecule has 1 fully saturated rings. The van der Waals surface area contributed by atoms with Gasteiger partial charge in [-0.15, -0.1) is 11.3 Å². The van der Waals surface area contributed by atoms with Crippen molar-refractivity contribution in [1.82, 2.24) is 10.2 Å². The van der Waals surface area contributed by atoms with Crippen LogP contribution in [0.1, 0.15) is 43.5 Å². The van der Waals surface area contributed by atoms with Crippen LogP contribution in [-0.4, -0.2) is 31.1 Å². The van der Waals surface area contributed by atoms with Crippen LogP contribution in [0.2, 0.25) is 0 Å². The topological polar surface area (TPSA) is 15.3 Å². The van der Waals surface area contributed by atoms with Crippen LogP contribution in [0, 0.1) is 0 Å². The van der Waals surface area contributed by atoms with E-state index in [0.717, 1.165) is 6.54 Å². The Kier molecular flexibility index (Phi) is 6.15. The molecule has 0 bridgehead atoms. The largest absolute Gasteiger partial charge is 0.309 e. The maximum atomic E-state index is 3.62. The minimum absolute atomic E-state index is 0.459. The van der Waals surface area contributed by atoms with Gasteiger partial charge in [-0.3, -0.25) is 0 Å². The molecule has 1 aliphatic heterocycles. The van der Waals surface area contributed by atoms with Gasteiger partial charge in [0, 0.05) is 15.4 Å². The van der Waals surface area contributed by atoms with E-state index in [4.69, 9.17) is 0 Å². The summed E-state index contributed by atoms with van der Waals surface area (Å²) in [5.74, 6) is 0. The Morgan fingerprint density at radius 3 is 2.83 bits per heavy atom. The average molecular weight is 331 g/mol. The van der Waals surface area contributed by atoms with Crippen molar-refractivity contribution in [2.75, 3.05) is 26.2 Å². The van der Waals surface area contributed by atoms with Crippen molar-refractivity contribution in [3.63, 3.8) is 0 Å². The second-order valence-corrected chi connectivity index (χ2v) is 6.87. The Morgan fingerprint density at radius 2 is 2.17 bits per heavy atom. The Morgan fingerprint density at radius 1 is 1.39 bits per heavy atom. The van der Waals surface area contributed by atoms with E-state index >= 15 is 0 Å². The fourth-order valence-electron chi connectivity index (χ4n) is 2.51. The first kappa shape index (κ1) is 14.5. The Hall–Kier alpha value is 0.100. The van der Waals surface area contributed by atoms with Gasteiger partial charge in [-0.05, 0) is 79.7 Å². The molecule has 1 atom stereocenters. The third-order valence-corrected chi connectivity index (χ3v) is 5.64. The molecule has 1 unspecified atom stereocenters. The van der Waals surface area contributed by atoms with E-state index in [1.807, 2.05) is 11.3 Å². The molecule has 1 aromatic heterocycles. The Balaban J connectivity index is 1.61. The molecule has 0 radical (unpaired) electrons. The highest BCUT2D eigenvalue weighted by molar-refractivity contribution is 9.10. The number of rotatable bonds is 6. The second-order valence-electron chi connectivity index (χ2n) is 5.06. The summed E-state index contributed by atoms with van der Waals surface area (Å²) in [4.78, 5) is 4.02. The number of nitrogens with zero attached hydrogens (tertiary/aromatic N) is 1. The van der Waals surface area contributed by atoms with E-state index in [1.165, 1.54) is 54.7 Å². The van der Waals surface area contributed by atoms with E-state index in [0.29, 0.717) is 6.04 Å². The molecule has 1 aliphatic rings. The first-order valence-corrected chi connectivity index (χ1v) is 8.63. The first-order valence-electron chi connectivity index (χ1n) is 6.96. The van der Waals surface area contributed by atoms with Crippen LogP contribution in [0.4, 0.5) is 0 Å². The predicted octanol–water partition coefficient (Wildman–Crippen LogP) is 4.04. The highest BCUT2D eigenvalue weighted by atomic mass is 79.9. The zero-order valence-corrected chi connectivity index (χ0v) is 13.5. The molecule has 2 heterocycles. The number of likely N-dealkylation sites (tertiary alicyclic amines) is 1. The molecule has 4 heteroatoms. The number of halogens is 1. The van der Waals surface area contributed by atoms with Gasteiger partial charge in [-0.25, -0.2) is 0 Å². The zero-order chi connectivity index (χ0) is 12.8. The summed E-state index contributed by atoms with van der Waals surface area (Å²) in [6, 6.07) is 2.59. The van der Waals surface area contributed by atoms with Crippen molar-refractivity contribution >= 4 is 27.3 Å². The molecule has 0 aliphatic carbocycles. The van der Waals surface area contributed by atoms with Crippen LogP contribution in [0.25, 0.3) is 0 Å². The molecule has 1 saturated heterocycles. The van der Waals surface area contributed by atoms with E-state index in [1.54, 1.807) is 0 Å². The van der Waals surface area contributed by atoms with Gasteiger partial charge in [-0.2, -0.15) is 0 Å². The smallest absolute Gasteiger partial charge is 0.0397 e. The van der Waals surface area contributed by atoms with Crippen LogP contribution in [0.5, 0.6) is 0 Å².